The van der Waals surface area contributed by atoms with Crippen LogP contribution in [0.2, 0.25) is 0 Å². The Balaban J connectivity index is 2.79. The third kappa shape index (κ3) is 3.81. The first-order valence-corrected chi connectivity index (χ1v) is 6.40. The second-order valence-electron chi connectivity index (χ2n) is 3.58. The number of carbonyl (C=O) groups excluding carboxylic acids is 1. The van der Waals surface area contributed by atoms with Gasteiger partial charge in [0.1, 0.15) is 0 Å². The van der Waals surface area contributed by atoms with Crippen molar-refractivity contribution in [1.29, 1.82) is 0 Å². The van der Waals surface area contributed by atoms with Crippen molar-refractivity contribution in [3.05, 3.63) is 35.4 Å². The molecule has 1 aromatic rings. The monoisotopic (exact) mass is 257 g/mol. The van der Waals surface area contributed by atoms with Crippen LogP contribution in [0, 0.1) is 0 Å². The molecule has 0 aliphatic rings. The van der Waals surface area contributed by atoms with Gasteiger partial charge in [-0.3, -0.25) is 4.79 Å². The van der Waals surface area contributed by atoms with Crippen LogP contribution in [0.3, 0.4) is 0 Å². The van der Waals surface area contributed by atoms with E-state index in [1.807, 2.05) is 0 Å². The number of amides is 1. The molecule has 0 aliphatic carbocycles. The molecule has 0 saturated heterocycles. The van der Waals surface area contributed by atoms with E-state index in [2.05, 4.69) is 5.32 Å². The standard InChI is InChI=1S/C10H15N3O3S/c1-12-10(14)9-5-3-8(4-6-9)7-13(2)17(11,15)16/h3-6H,7H2,1-2H3,(H,12,14)(H2,11,15,16). The lowest BCUT2D eigenvalue weighted by molar-refractivity contribution is 0.0963. The van der Waals surface area contributed by atoms with E-state index in [-0.39, 0.29) is 12.5 Å². The van der Waals surface area contributed by atoms with E-state index >= 15 is 0 Å². The van der Waals surface area contributed by atoms with Crippen LogP contribution >= 0.6 is 0 Å². The molecule has 0 spiro atoms. The molecule has 0 heterocycles. The average Bonchev–Trinajstić information content (AvgIpc) is 2.27. The van der Waals surface area contributed by atoms with Crippen molar-refractivity contribution >= 4 is 16.1 Å². The zero-order valence-electron chi connectivity index (χ0n) is 9.67. The first kappa shape index (κ1) is 13.6. The van der Waals surface area contributed by atoms with Crippen LogP contribution in [-0.4, -0.2) is 32.7 Å². The molecule has 0 aromatic heterocycles. The summed E-state index contributed by atoms with van der Waals surface area (Å²) in [5.41, 5.74) is 1.28. The minimum Gasteiger partial charge on any atom is -0.355 e. The van der Waals surface area contributed by atoms with Gasteiger partial charge in [0.25, 0.3) is 16.1 Å². The van der Waals surface area contributed by atoms with Gasteiger partial charge >= 0.3 is 0 Å². The van der Waals surface area contributed by atoms with Crippen LogP contribution in [0.15, 0.2) is 24.3 Å². The van der Waals surface area contributed by atoms with E-state index in [1.54, 1.807) is 31.3 Å². The Labute approximate surface area is 101 Å². The minimum absolute atomic E-state index is 0.173. The molecule has 1 amide bonds. The highest BCUT2D eigenvalue weighted by Gasteiger charge is 2.12. The van der Waals surface area contributed by atoms with Crippen LogP contribution < -0.4 is 10.5 Å². The molecular weight excluding hydrogens is 242 g/mol. The van der Waals surface area contributed by atoms with Crippen molar-refractivity contribution in [1.82, 2.24) is 9.62 Å². The zero-order valence-corrected chi connectivity index (χ0v) is 10.5. The lowest BCUT2D eigenvalue weighted by atomic mass is 10.1. The molecule has 0 bridgehead atoms. The fourth-order valence-electron chi connectivity index (χ4n) is 1.25. The van der Waals surface area contributed by atoms with E-state index < -0.39 is 10.2 Å². The highest BCUT2D eigenvalue weighted by molar-refractivity contribution is 7.86. The van der Waals surface area contributed by atoms with Crippen molar-refractivity contribution in [2.24, 2.45) is 5.14 Å². The summed E-state index contributed by atoms with van der Waals surface area (Å²) in [6.45, 7) is 0.173. The number of rotatable bonds is 4. The van der Waals surface area contributed by atoms with Crippen LogP contribution in [0.1, 0.15) is 15.9 Å². The van der Waals surface area contributed by atoms with Crippen LogP contribution in [-0.2, 0) is 16.8 Å². The zero-order chi connectivity index (χ0) is 13.1. The molecule has 0 aliphatic heterocycles. The van der Waals surface area contributed by atoms with Gasteiger partial charge < -0.3 is 5.32 Å². The van der Waals surface area contributed by atoms with Gasteiger partial charge in [0.05, 0.1) is 0 Å². The lowest BCUT2D eigenvalue weighted by Crippen LogP contribution is -2.32. The fourth-order valence-corrected chi connectivity index (χ4v) is 1.58. The minimum atomic E-state index is -3.68. The molecule has 0 atom stereocenters. The Kier molecular flexibility index (Phi) is 4.22. The molecule has 3 N–H and O–H groups in total. The van der Waals surface area contributed by atoms with E-state index in [0.717, 1.165) is 9.87 Å². The van der Waals surface area contributed by atoms with E-state index in [0.29, 0.717) is 5.56 Å². The van der Waals surface area contributed by atoms with E-state index in [9.17, 15) is 13.2 Å². The summed E-state index contributed by atoms with van der Waals surface area (Å²) >= 11 is 0. The molecule has 0 fully saturated rings. The lowest BCUT2D eigenvalue weighted by Gasteiger charge is -2.13. The van der Waals surface area contributed by atoms with Crippen molar-refractivity contribution in [3.8, 4) is 0 Å². The fraction of sp³-hybridized carbons (Fsp3) is 0.300. The molecule has 0 unspecified atom stereocenters. The highest BCUT2D eigenvalue weighted by Crippen LogP contribution is 2.07. The maximum atomic E-state index is 11.3. The van der Waals surface area contributed by atoms with Gasteiger partial charge in [0.15, 0.2) is 0 Å². The summed E-state index contributed by atoms with van der Waals surface area (Å²) in [7, 11) is -0.741. The predicted molar refractivity (Wildman–Crippen MR) is 64.4 cm³/mol. The number of hydrogen-bond donors (Lipinski definition) is 2. The number of benzene rings is 1. The molecular formula is C10H15N3O3S. The maximum absolute atomic E-state index is 11.3. The largest absolute Gasteiger partial charge is 0.355 e. The first-order chi connectivity index (χ1) is 7.84. The van der Waals surface area contributed by atoms with Crippen LogP contribution in [0.4, 0.5) is 0 Å². The summed E-state index contributed by atoms with van der Waals surface area (Å²) in [5, 5.41) is 7.46. The van der Waals surface area contributed by atoms with Crippen molar-refractivity contribution in [3.63, 3.8) is 0 Å². The topological polar surface area (TPSA) is 92.5 Å². The maximum Gasteiger partial charge on any atom is 0.276 e. The second-order valence-corrected chi connectivity index (χ2v) is 5.23. The van der Waals surface area contributed by atoms with Gasteiger partial charge in [-0.05, 0) is 17.7 Å². The normalized spacial score (nSPS) is 11.5. The number of carbonyl (C=O) groups is 1. The Morgan fingerprint density at radius 3 is 2.29 bits per heavy atom. The summed E-state index contributed by atoms with van der Waals surface area (Å²) < 4.78 is 23.0. The third-order valence-electron chi connectivity index (χ3n) is 2.28. The van der Waals surface area contributed by atoms with E-state index in [4.69, 9.17) is 5.14 Å². The molecule has 94 valence electrons. The van der Waals surface area contributed by atoms with Crippen LogP contribution in [0.25, 0.3) is 0 Å². The van der Waals surface area contributed by atoms with Crippen molar-refractivity contribution in [2.75, 3.05) is 14.1 Å². The quantitative estimate of drug-likeness (QED) is 0.774. The SMILES string of the molecule is CNC(=O)c1ccc(CN(C)S(N)(=O)=O)cc1. The Morgan fingerprint density at radius 1 is 1.35 bits per heavy atom. The number of nitrogens with zero attached hydrogens (tertiary/aromatic N) is 1. The van der Waals surface area contributed by atoms with Gasteiger partial charge in [-0.1, -0.05) is 12.1 Å². The summed E-state index contributed by atoms with van der Waals surface area (Å²) in [6, 6.07) is 6.63. The van der Waals surface area contributed by atoms with Gasteiger partial charge in [-0.25, -0.2) is 5.14 Å². The molecule has 1 rings (SSSR count). The Morgan fingerprint density at radius 2 is 1.88 bits per heavy atom. The highest BCUT2D eigenvalue weighted by atomic mass is 32.2. The number of nitrogens with two attached hydrogens (primary N) is 1. The molecule has 7 heteroatoms. The third-order valence-corrected chi connectivity index (χ3v) is 3.28. The Bertz CT molecular complexity index is 496. The molecule has 17 heavy (non-hydrogen) atoms. The molecule has 0 radical (unpaired) electrons. The predicted octanol–water partition coefficient (Wildman–Crippen LogP) is -0.318. The first-order valence-electron chi connectivity index (χ1n) is 4.89. The number of hydrogen-bond acceptors (Lipinski definition) is 3. The smallest absolute Gasteiger partial charge is 0.276 e. The summed E-state index contributed by atoms with van der Waals surface area (Å²) in [4.78, 5) is 11.3. The van der Waals surface area contributed by atoms with Gasteiger partial charge in [-0.2, -0.15) is 12.7 Å². The summed E-state index contributed by atoms with van der Waals surface area (Å²) in [6.07, 6.45) is 0. The van der Waals surface area contributed by atoms with E-state index in [1.165, 1.54) is 7.05 Å². The number of nitrogens with one attached hydrogen (secondary N) is 1. The van der Waals surface area contributed by atoms with Gasteiger partial charge in [-0.15, -0.1) is 0 Å². The molecule has 0 saturated carbocycles. The summed E-state index contributed by atoms with van der Waals surface area (Å²) in [5.74, 6) is -0.184. The Hall–Kier alpha value is -1.44. The molecule has 1 aromatic carbocycles. The van der Waals surface area contributed by atoms with Crippen LogP contribution in [0.5, 0.6) is 0 Å². The van der Waals surface area contributed by atoms with Gasteiger partial charge in [0.2, 0.25) is 0 Å². The van der Waals surface area contributed by atoms with Crippen molar-refractivity contribution in [2.45, 2.75) is 6.54 Å². The second kappa shape index (κ2) is 5.26. The molecule has 6 nitrogen and oxygen atoms in total. The van der Waals surface area contributed by atoms with Crippen molar-refractivity contribution < 1.29 is 13.2 Å². The average molecular weight is 257 g/mol. The van der Waals surface area contributed by atoms with Gasteiger partial charge in [0, 0.05) is 26.2 Å².